The molecular weight excluding hydrogens is 648 g/mol. The number of hydrogen-bond acceptors (Lipinski definition) is 7. The molecule has 0 bridgehead atoms. The Labute approximate surface area is 245 Å². The van der Waals surface area contributed by atoms with Gasteiger partial charge in [-0.15, -0.1) is 0 Å². The number of esters is 1. The Hall–Kier alpha value is -3.70. The smallest absolute Gasteiger partial charge is 0.339 e. The van der Waals surface area contributed by atoms with Gasteiger partial charge in [0.05, 0.1) is 28.0 Å². The predicted octanol–water partition coefficient (Wildman–Crippen LogP) is 5.80. The van der Waals surface area contributed by atoms with Crippen molar-refractivity contribution in [2.45, 2.75) is 28.6 Å². The molecule has 1 aliphatic carbocycles. The number of ether oxygens (including phenoxy) is 1. The van der Waals surface area contributed by atoms with Gasteiger partial charge in [-0.2, -0.15) is 0 Å². The number of nitro benzene ring substituents is 1. The third kappa shape index (κ3) is 5.35. The summed E-state index contributed by atoms with van der Waals surface area (Å²) in [7, 11) is 0. The standard InChI is InChI=1S/C29H22Br2N2O7/c30-23-14-21-22(15-24(23)31)28(36)32(27(21)35)19-10-8-18(9-11-19)29(37)40-26(25(34)16-4-2-1-3-5-16)17-6-12-20(13-7-17)33(38)39/h1-13,21-24,26H,14-15H2/t21-,22-,23+,24+,26+/m1/s1. The predicted molar refractivity (Wildman–Crippen MR) is 153 cm³/mol. The number of anilines is 1. The minimum Gasteiger partial charge on any atom is -0.445 e. The second-order valence-electron chi connectivity index (χ2n) is 9.64. The van der Waals surface area contributed by atoms with Crippen LogP contribution >= 0.6 is 31.9 Å². The van der Waals surface area contributed by atoms with E-state index in [9.17, 15) is 29.3 Å². The van der Waals surface area contributed by atoms with Crippen LogP contribution in [0.25, 0.3) is 0 Å². The highest BCUT2D eigenvalue weighted by molar-refractivity contribution is 9.12. The van der Waals surface area contributed by atoms with Gasteiger partial charge in [0, 0.05) is 32.9 Å². The summed E-state index contributed by atoms with van der Waals surface area (Å²) in [5.41, 5.74) is 0.869. The lowest BCUT2D eigenvalue weighted by molar-refractivity contribution is -0.384. The van der Waals surface area contributed by atoms with Gasteiger partial charge >= 0.3 is 5.97 Å². The van der Waals surface area contributed by atoms with Crippen LogP contribution in [0.3, 0.4) is 0 Å². The molecule has 3 aromatic rings. The van der Waals surface area contributed by atoms with Crippen molar-refractivity contribution in [2.24, 2.45) is 11.8 Å². The van der Waals surface area contributed by atoms with E-state index >= 15 is 0 Å². The molecule has 11 heteroatoms. The number of halogens is 2. The quantitative estimate of drug-likeness (QED) is 0.0778. The zero-order valence-electron chi connectivity index (χ0n) is 20.8. The van der Waals surface area contributed by atoms with Gasteiger partial charge in [-0.3, -0.25) is 29.4 Å². The fourth-order valence-electron chi connectivity index (χ4n) is 5.07. The van der Waals surface area contributed by atoms with E-state index in [4.69, 9.17) is 4.74 Å². The van der Waals surface area contributed by atoms with Crippen molar-refractivity contribution >= 4 is 66.8 Å². The van der Waals surface area contributed by atoms with Crippen molar-refractivity contribution < 1.29 is 28.8 Å². The molecule has 2 amide bonds. The maximum absolute atomic E-state index is 13.3. The van der Waals surface area contributed by atoms with Gasteiger partial charge < -0.3 is 4.74 Å². The van der Waals surface area contributed by atoms with Crippen molar-refractivity contribution in [3.05, 3.63) is 106 Å². The van der Waals surface area contributed by atoms with Crippen molar-refractivity contribution in [1.82, 2.24) is 0 Å². The molecule has 3 aromatic carbocycles. The lowest BCUT2D eigenvalue weighted by Gasteiger charge is -2.29. The van der Waals surface area contributed by atoms with E-state index in [0.29, 0.717) is 24.1 Å². The van der Waals surface area contributed by atoms with Crippen molar-refractivity contribution in [3.63, 3.8) is 0 Å². The zero-order chi connectivity index (χ0) is 28.6. The van der Waals surface area contributed by atoms with Crippen LogP contribution in [0.5, 0.6) is 0 Å². The topological polar surface area (TPSA) is 124 Å². The summed E-state index contributed by atoms with van der Waals surface area (Å²) in [6.45, 7) is 0. The molecule has 2 fully saturated rings. The summed E-state index contributed by atoms with van der Waals surface area (Å²) < 4.78 is 5.63. The summed E-state index contributed by atoms with van der Waals surface area (Å²) >= 11 is 7.15. The molecule has 0 aromatic heterocycles. The number of benzene rings is 3. The van der Waals surface area contributed by atoms with Gasteiger partial charge in [0.25, 0.3) is 5.69 Å². The van der Waals surface area contributed by atoms with Crippen LogP contribution in [0.4, 0.5) is 11.4 Å². The van der Waals surface area contributed by atoms with Gasteiger partial charge in [-0.05, 0) is 49.2 Å². The first-order chi connectivity index (χ1) is 19.2. The monoisotopic (exact) mass is 668 g/mol. The van der Waals surface area contributed by atoms with Gasteiger partial charge in [0.1, 0.15) is 0 Å². The number of rotatable bonds is 7. The number of alkyl halides is 2. The molecule has 204 valence electrons. The van der Waals surface area contributed by atoms with Crippen molar-refractivity contribution in [3.8, 4) is 0 Å². The fraction of sp³-hybridized carbons (Fsp3) is 0.241. The van der Waals surface area contributed by atoms with Gasteiger partial charge in [0.2, 0.25) is 17.6 Å². The number of carbonyl (C=O) groups is 4. The summed E-state index contributed by atoms with van der Waals surface area (Å²) in [5, 5.41) is 11.1. The molecular formula is C29H22Br2N2O7. The molecule has 5 rings (SSSR count). The minimum absolute atomic E-state index is 0.0879. The van der Waals surface area contributed by atoms with E-state index in [0.717, 1.165) is 0 Å². The molecule has 40 heavy (non-hydrogen) atoms. The molecule has 5 atom stereocenters. The molecule has 9 nitrogen and oxygen atoms in total. The van der Waals surface area contributed by atoms with E-state index in [2.05, 4.69) is 31.9 Å². The van der Waals surface area contributed by atoms with Crippen LogP contribution < -0.4 is 4.90 Å². The maximum Gasteiger partial charge on any atom is 0.339 e. The normalized spacial score (nSPS) is 22.9. The van der Waals surface area contributed by atoms with Gasteiger partial charge in [-0.1, -0.05) is 62.2 Å². The Kier molecular flexibility index (Phi) is 7.95. The molecule has 2 aliphatic rings. The molecule has 0 radical (unpaired) electrons. The highest BCUT2D eigenvalue weighted by Gasteiger charge is 2.52. The lowest BCUT2D eigenvalue weighted by atomic mass is 9.81. The number of nitrogens with zero attached hydrogens (tertiary/aromatic N) is 2. The zero-order valence-corrected chi connectivity index (χ0v) is 24.0. The Bertz CT molecular complexity index is 1450. The van der Waals surface area contributed by atoms with E-state index in [1.165, 1.54) is 53.4 Å². The summed E-state index contributed by atoms with van der Waals surface area (Å²) in [4.78, 5) is 64.5. The van der Waals surface area contributed by atoms with Crippen LogP contribution in [-0.4, -0.2) is 38.1 Å². The fourth-order valence-corrected chi connectivity index (χ4v) is 6.31. The lowest BCUT2D eigenvalue weighted by Crippen LogP contribution is -2.34. The van der Waals surface area contributed by atoms with Crippen LogP contribution in [-0.2, 0) is 14.3 Å². The summed E-state index contributed by atoms with van der Waals surface area (Å²) in [6.07, 6.45) is -0.258. The van der Waals surface area contributed by atoms with E-state index in [1.807, 2.05) is 0 Å². The largest absolute Gasteiger partial charge is 0.445 e. The average Bonchev–Trinajstić information content (AvgIpc) is 3.20. The van der Waals surface area contributed by atoms with Crippen LogP contribution in [0.15, 0.2) is 78.9 Å². The van der Waals surface area contributed by atoms with E-state index < -0.39 is 34.6 Å². The average molecular weight is 670 g/mol. The molecule has 1 aliphatic heterocycles. The number of hydrogen-bond donors (Lipinski definition) is 0. The Morgan fingerprint density at radius 1 is 0.825 bits per heavy atom. The number of imide groups is 1. The second-order valence-corrected chi connectivity index (χ2v) is 12.0. The molecule has 0 N–H and O–H groups in total. The SMILES string of the molecule is O=C(O[C@H](C(=O)c1ccccc1)c1ccc([N+](=O)[O-])cc1)c1ccc(N2C(=O)[C@@H]3C[C@H](Br)[C@@H](Br)C[C@H]3C2=O)cc1. The van der Waals surface area contributed by atoms with Crippen LogP contribution in [0.1, 0.15) is 45.2 Å². The first-order valence-electron chi connectivity index (χ1n) is 12.5. The van der Waals surface area contributed by atoms with Gasteiger partial charge in [-0.25, -0.2) is 4.79 Å². The Morgan fingerprint density at radius 3 is 1.90 bits per heavy atom. The number of fused-ring (bicyclic) bond motifs is 1. The number of nitro groups is 1. The molecule has 0 spiro atoms. The van der Waals surface area contributed by atoms with Crippen molar-refractivity contribution in [1.29, 1.82) is 0 Å². The number of non-ortho nitro benzene ring substituents is 1. The van der Waals surface area contributed by atoms with Gasteiger partial charge in [0.15, 0.2) is 6.10 Å². The highest BCUT2D eigenvalue weighted by Crippen LogP contribution is 2.44. The number of carbonyl (C=O) groups excluding carboxylic acids is 4. The first kappa shape index (κ1) is 27.9. The molecule has 0 unspecified atom stereocenters. The first-order valence-corrected chi connectivity index (χ1v) is 14.3. The molecule has 1 heterocycles. The third-order valence-corrected chi connectivity index (χ3v) is 9.93. The second kappa shape index (κ2) is 11.4. The third-order valence-electron chi connectivity index (χ3n) is 7.20. The Balaban J connectivity index is 1.37. The molecule has 1 saturated heterocycles. The number of Topliss-reactive ketones (excluding diaryl/α,β-unsaturated/α-hetero) is 1. The van der Waals surface area contributed by atoms with Crippen LogP contribution in [0.2, 0.25) is 0 Å². The number of amides is 2. The summed E-state index contributed by atoms with van der Waals surface area (Å²) in [5.74, 6) is -2.63. The number of ketones is 1. The molecule has 1 saturated carbocycles. The Morgan fingerprint density at radius 2 is 1.38 bits per heavy atom. The van der Waals surface area contributed by atoms with E-state index in [1.54, 1.807) is 30.3 Å². The van der Waals surface area contributed by atoms with Crippen molar-refractivity contribution in [2.75, 3.05) is 4.90 Å². The minimum atomic E-state index is -1.35. The summed E-state index contributed by atoms with van der Waals surface area (Å²) in [6, 6.07) is 19.3. The van der Waals surface area contributed by atoms with Crippen LogP contribution in [0, 0.1) is 22.0 Å². The highest BCUT2D eigenvalue weighted by atomic mass is 79.9. The van der Waals surface area contributed by atoms with E-state index in [-0.39, 0.29) is 38.3 Å². The maximum atomic E-state index is 13.3.